The highest BCUT2D eigenvalue weighted by atomic mass is 16.5. The number of hydrogen-bond donors (Lipinski definition) is 1. The van der Waals surface area contributed by atoms with Gasteiger partial charge in [0, 0.05) is 12.1 Å². The van der Waals surface area contributed by atoms with E-state index in [9.17, 15) is 0 Å². The molecule has 1 N–H and O–H groups in total. The third-order valence-corrected chi connectivity index (χ3v) is 3.11. The summed E-state index contributed by atoms with van der Waals surface area (Å²) in [5.41, 5.74) is 1.26. The molecule has 96 valence electrons. The molecule has 0 unspecified atom stereocenters. The second kappa shape index (κ2) is 6.41. The van der Waals surface area contributed by atoms with Crippen molar-refractivity contribution in [2.75, 3.05) is 13.7 Å². The van der Waals surface area contributed by atoms with Gasteiger partial charge in [0.15, 0.2) is 0 Å². The van der Waals surface area contributed by atoms with E-state index < -0.39 is 0 Å². The average Bonchev–Trinajstić information content (AvgIpc) is 2.41. The molecular formula is C16H21NO. The maximum atomic E-state index is 5.90. The van der Waals surface area contributed by atoms with Gasteiger partial charge in [0.25, 0.3) is 0 Å². The Bertz CT molecular complexity index is 507. The van der Waals surface area contributed by atoms with E-state index in [2.05, 4.69) is 48.6 Å². The van der Waals surface area contributed by atoms with Crippen molar-refractivity contribution in [1.82, 2.24) is 5.32 Å². The van der Waals surface area contributed by atoms with Gasteiger partial charge in [-0.05, 0) is 30.3 Å². The minimum Gasteiger partial charge on any atom is -0.493 e. The van der Waals surface area contributed by atoms with Crippen molar-refractivity contribution < 1.29 is 4.74 Å². The lowest BCUT2D eigenvalue weighted by Crippen LogP contribution is -2.08. The highest BCUT2D eigenvalue weighted by Crippen LogP contribution is 2.28. The highest BCUT2D eigenvalue weighted by Gasteiger charge is 2.07. The molecule has 0 aromatic heterocycles. The van der Waals surface area contributed by atoms with Gasteiger partial charge in [0.1, 0.15) is 5.75 Å². The van der Waals surface area contributed by atoms with Crippen LogP contribution in [0, 0.1) is 0 Å². The quantitative estimate of drug-likeness (QED) is 0.780. The molecule has 2 rings (SSSR count). The Morgan fingerprint density at radius 3 is 2.72 bits per heavy atom. The predicted octanol–water partition coefficient (Wildman–Crippen LogP) is 3.74. The average molecular weight is 243 g/mol. The van der Waals surface area contributed by atoms with Crippen molar-refractivity contribution in [3.63, 3.8) is 0 Å². The second-order valence-corrected chi connectivity index (χ2v) is 4.50. The fourth-order valence-electron chi connectivity index (χ4n) is 2.14. The molecular weight excluding hydrogens is 222 g/mol. The van der Waals surface area contributed by atoms with Crippen molar-refractivity contribution in [2.45, 2.75) is 26.3 Å². The molecule has 0 atom stereocenters. The number of rotatable bonds is 6. The maximum Gasteiger partial charge on any atom is 0.124 e. The van der Waals surface area contributed by atoms with Crippen LogP contribution in [-0.2, 0) is 6.54 Å². The third kappa shape index (κ3) is 2.82. The van der Waals surface area contributed by atoms with Crippen LogP contribution in [0.4, 0.5) is 0 Å². The largest absolute Gasteiger partial charge is 0.493 e. The van der Waals surface area contributed by atoms with Crippen molar-refractivity contribution in [3.8, 4) is 5.75 Å². The monoisotopic (exact) mass is 243 g/mol. The molecule has 0 saturated carbocycles. The first kappa shape index (κ1) is 12.9. The SMILES string of the molecule is CCCCOc1ccc2ccccc2c1CNC. The van der Waals surface area contributed by atoms with Gasteiger partial charge in [-0.15, -0.1) is 0 Å². The summed E-state index contributed by atoms with van der Waals surface area (Å²) in [6, 6.07) is 12.7. The molecule has 0 saturated heterocycles. The zero-order chi connectivity index (χ0) is 12.8. The Kier molecular flexibility index (Phi) is 4.59. The number of unbranched alkanes of at least 4 members (excludes halogenated alkanes) is 1. The molecule has 18 heavy (non-hydrogen) atoms. The van der Waals surface area contributed by atoms with Gasteiger partial charge in [0.2, 0.25) is 0 Å². The van der Waals surface area contributed by atoms with Crippen LogP contribution in [0.2, 0.25) is 0 Å². The molecule has 0 aliphatic rings. The lowest BCUT2D eigenvalue weighted by atomic mass is 10.0. The van der Waals surface area contributed by atoms with E-state index in [4.69, 9.17) is 4.74 Å². The number of ether oxygens (including phenoxy) is 1. The van der Waals surface area contributed by atoms with Crippen molar-refractivity contribution in [2.24, 2.45) is 0 Å². The van der Waals surface area contributed by atoms with Gasteiger partial charge < -0.3 is 10.1 Å². The van der Waals surface area contributed by atoms with Crippen LogP contribution in [-0.4, -0.2) is 13.7 Å². The molecule has 0 fully saturated rings. The molecule has 0 bridgehead atoms. The zero-order valence-electron chi connectivity index (χ0n) is 11.2. The number of nitrogens with one attached hydrogen (secondary N) is 1. The third-order valence-electron chi connectivity index (χ3n) is 3.11. The van der Waals surface area contributed by atoms with E-state index in [1.54, 1.807) is 0 Å². The van der Waals surface area contributed by atoms with Gasteiger partial charge in [-0.1, -0.05) is 43.7 Å². The molecule has 2 nitrogen and oxygen atoms in total. The van der Waals surface area contributed by atoms with Gasteiger partial charge in [-0.2, -0.15) is 0 Å². The van der Waals surface area contributed by atoms with Crippen LogP contribution in [0.5, 0.6) is 5.75 Å². The first-order valence-electron chi connectivity index (χ1n) is 6.65. The van der Waals surface area contributed by atoms with E-state index in [1.807, 2.05) is 7.05 Å². The standard InChI is InChI=1S/C16H21NO/c1-3-4-11-18-16-10-9-13-7-5-6-8-14(13)15(16)12-17-2/h5-10,17H,3-4,11-12H2,1-2H3. The lowest BCUT2D eigenvalue weighted by Gasteiger charge is -2.14. The fraction of sp³-hybridized carbons (Fsp3) is 0.375. The lowest BCUT2D eigenvalue weighted by molar-refractivity contribution is 0.306. The molecule has 0 amide bonds. The minimum atomic E-state index is 0.797. The van der Waals surface area contributed by atoms with Gasteiger partial charge >= 0.3 is 0 Å². The fourth-order valence-corrected chi connectivity index (χ4v) is 2.14. The Morgan fingerprint density at radius 2 is 1.94 bits per heavy atom. The maximum absolute atomic E-state index is 5.90. The number of benzene rings is 2. The topological polar surface area (TPSA) is 21.3 Å². The molecule has 0 spiro atoms. The van der Waals surface area contributed by atoms with Crippen molar-refractivity contribution in [3.05, 3.63) is 42.0 Å². The van der Waals surface area contributed by atoms with E-state index in [0.29, 0.717) is 0 Å². The molecule has 0 aliphatic carbocycles. The summed E-state index contributed by atoms with van der Waals surface area (Å²) < 4.78 is 5.90. The first-order chi connectivity index (χ1) is 8.86. The summed E-state index contributed by atoms with van der Waals surface area (Å²) in [6.07, 6.45) is 2.26. The van der Waals surface area contributed by atoms with E-state index in [-0.39, 0.29) is 0 Å². The predicted molar refractivity (Wildman–Crippen MR) is 77.1 cm³/mol. The van der Waals surface area contributed by atoms with Crippen LogP contribution in [0.3, 0.4) is 0 Å². The Morgan fingerprint density at radius 1 is 1.11 bits per heavy atom. The summed E-state index contributed by atoms with van der Waals surface area (Å²) in [5, 5.41) is 5.77. The molecule has 0 aliphatic heterocycles. The molecule has 0 radical (unpaired) electrons. The Hall–Kier alpha value is -1.54. The van der Waals surface area contributed by atoms with Crippen LogP contribution in [0.1, 0.15) is 25.3 Å². The Labute approximate surface area is 109 Å². The zero-order valence-corrected chi connectivity index (χ0v) is 11.2. The van der Waals surface area contributed by atoms with Crippen LogP contribution >= 0.6 is 0 Å². The van der Waals surface area contributed by atoms with Crippen LogP contribution in [0.25, 0.3) is 10.8 Å². The van der Waals surface area contributed by atoms with Gasteiger partial charge in [0.05, 0.1) is 6.61 Å². The second-order valence-electron chi connectivity index (χ2n) is 4.50. The summed E-state index contributed by atoms with van der Waals surface area (Å²) in [7, 11) is 1.97. The number of fused-ring (bicyclic) bond motifs is 1. The molecule has 2 aromatic rings. The van der Waals surface area contributed by atoms with Gasteiger partial charge in [-0.25, -0.2) is 0 Å². The van der Waals surface area contributed by atoms with E-state index in [0.717, 1.165) is 31.7 Å². The summed E-state index contributed by atoms with van der Waals surface area (Å²) in [4.78, 5) is 0. The highest BCUT2D eigenvalue weighted by molar-refractivity contribution is 5.87. The first-order valence-corrected chi connectivity index (χ1v) is 6.65. The summed E-state index contributed by atoms with van der Waals surface area (Å²) >= 11 is 0. The molecule has 2 aromatic carbocycles. The summed E-state index contributed by atoms with van der Waals surface area (Å²) in [6.45, 7) is 3.81. The normalized spacial score (nSPS) is 10.8. The number of hydrogen-bond acceptors (Lipinski definition) is 2. The van der Waals surface area contributed by atoms with E-state index in [1.165, 1.54) is 16.3 Å². The van der Waals surface area contributed by atoms with E-state index >= 15 is 0 Å². The molecule has 0 heterocycles. The molecule has 2 heteroatoms. The smallest absolute Gasteiger partial charge is 0.124 e. The summed E-state index contributed by atoms with van der Waals surface area (Å²) in [5.74, 6) is 1.01. The van der Waals surface area contributed by atoms with Crippen LogP contribution in [0.15, 0.2) is 36.4 Å². The van der Waals surface area contributed by atoms with Gasteiger partial charge in [-0.3, -0.25) is 0 Å². The minimum absolute atomic E-state index is 0.797. The Balaban J connectivity index is 2.35. The van der Waals surface area contributed by atoms with Crippen molar-refractivity contribution in [1.29, 1.82) is 0 Å². The van der Waals surface area contributed by atoms with Crippen LogP contribution < -0.4 is 10.1 Å². The van der Waals surface area contributed by atoms with Crippen molar-refractivity contribution >= 4 is 10.8 Å².